The fraction of sp³-hybridized carbons (Fsp3) is 1.00. The molecule has 0 N–H and O–H groups in total. The van der Waals surface area contributed by atoms with Gasteiger partial charge in [0.2, 0.25) is 0 Å². The van der Waals surface area contributed by atoms with E-state index in [0.717, 1.165) is 26.4 Å². The van der Waals surface area contributed by atoms with Crippen molar-refractivity contribution in [3.05, 3.63) is 0 Å². The zero-order chi connectivity index (χ0) is 6.24. The average molecular weight is 126 g/mol. The second-order valence-electron chi connectivity index (χ2n) is 1.39. The zero-order valence-electron chi connectivity index (χ0n) is 5.64. The van der Waals surface area contributed by atoms with Crippen LogP contribution in [0, 0.1) is 0 Å². The van der Waals surface area contributed by atoms with Crippen molar-refractivity contribution in [2.75, 3.05) is 26.4 Å². The summed E-state index contributed by atoms with van der Waals surface area (Å²) in [6, 6.07) is 0. The van der Waals surface area contributed by atoms with Gasteiger partial charge < -0.3 is 9.47 Å². The van der Waals surface area contributed by atoms with Crippen LogP contribution >= 0.6 is 0 Å². The van der Waals surface area contributed by atoms with E-state index in [2.05, 4.69) is 0 Å². The molecular weight excluding hydrogens is 111 g/mol. The molecule has 0 saturated heterocycles. The van der Waals surface area contributed by atoms with Gasteiger partial charge in [0.25, 0.3) is 0 Å². The van der Waals surface area contributed by atoms with E-state index in [1.807, 2.05) is 13.8 Å². The summed E-state index contributed by atoms with van der Waals surface area (Å²) < 4.78 is 10.0. The first-order valence-corrected chi connectivity index (χ1v) is 3.07. The van der Waals surface area contributed by atoms with Gasteiger partial charge in [-0.2, -0.15) is 0 Å². The molecule has 0 atom stereocenters. The predicted octanol–water partition coefficient (Wildman–Crippen LogP) is 0.411. The van der Waals surface area contributed by atoms with E-state index >= 15 is 0 Å². The van der Waals surface area contributed by atoms with Gasteiger partial charge in [0.15, 0.2) is 0 Å². The van der Waals surface area contributed by atoms with Crippen molar-refractivity contribution >= 4 is 18.9 Å². The molecule has 0 rings (SSSR count). The Hall–Kier alpha value is 0.517. The predicted molar refractivity (Wildman–Crippen MR) is 40.1 cm³/mol. The monoisotopic (exact) mass is 126 g/mol. The van der Waals surface area contributed by atoms with Crippen molar-refractivity contribution in [1.82, 2.24) is 0 Å². The summed E-state index contributed by atoms with van der Waals surface area (Å²) in [6.45, 7) is 6.98. The van der Waals surface area contributed by atoms with Gasteiger partial charge in [-0.1, -0.05) is 0 Å². The van der Waals surface area contributed by atoms with Crippen molar-refractivity contribution in [2.24, 2.45) is 0 Å². The minimum absolute atomic E-state index is 0. The molecule has 0 aliphatic carbocycles. The normalized spacial score (nSPS) is 8.67. The Morgan fingerprint density at radius 1 is 0.889 bits per heavy atom. The van der Waals surface area contributed by atoms with Crippen LogP contribution in [0.4, 0.5) is 0 Å². The molecule has 0 aromatic carbocycles. The van der Waals surface area contributed by atoms with Crippen molar-refractivity contribution in [3.63, 3.8) is 0 Å². The summed E-state index contributed by atoms with van der Waals surface area (Å²) in [5.41, 5.74) is 0. The topological polar surface area (TPSA) is 18.5 Å². The molecule has 52 valence electrons. The molecule has 0 spiro atoms. The van der Waals surface area contributed by atoms with Crippen molar-refractivity contribution in [2.45, 2.75) is 13.8 Å². The van der Waals surface area contributed by atoms with Crippen LogP contribution in [-0.2, 0) is 9.47 Å². The summed E-state index contributed by atoms with van der Waals surface area (Å²) in [4.78, 5) is 0. The fourth-order valence-electron chi connectivity index (χ4n) is 0.407. The van der Waals surface area contributed by atoms with Crippen LogP contribution in [0.25, 0.3) is 0 Å². The van der Waals surface area contributed by atoms with E-state index in [1.54, 1.807) is 0 Å². The SMILES string of the molecule is CCOCCOCC.[LiH]. The Labute approximate surface area is 69.1 Å². The van der Waals surface area contributed by atoms with E-state index in [0.29, 0.717) is 0 Å². The fourth-order valence-corrected chi connectivity index (χ4v) is 0.407. The standard InChI is InChI=1S/C6H14O2.Li.H/c1-3-7-5-6-8-4-2;;/h3-6H2,1-2H3;;. The number of rotatable bonds is 5. The Kier molecular flexibility index (Phi) is 15.4. The van der Waals surface area contributed by atoms with Gasteiger partial charge in [-0.15, -0.1) is 0 Å². The van der Waals surface area contributed by atoms with Crippen molar-refractivity contribution in [1.29, 1.82) is 0 Å². The van der Waals surface area contributed by atoms with Gasteiger partial charge in [-0.25, -0.2) is 0 Å². The molecule has 0 unspecified atom stereocenters. The quantitative estimate of drug-likeness (QED) is 0.392. The molecular formula is C6H15LiO2. The first kappa shape index (κ1) is 12.2. The van der Waals surface area contributed by atoms with E-state index in [1.165, 1.54) is 0 Å². The average Bonchev–Trinajstić information content (AvgIpc) is 1.81. The van der Waals surface area contributed by atoms with E-state index in [4.69, 9.17) is 9.47 Å². The minimum atomic E-state index is 0. The van der Waals surface area contributed by atoms with Gasteiger partial charge in [-0.05, 0) is 13.8 Å². The second-order valence-corrected chi connectivity index (χ2v) is 1.39. The Bertz CT molecular complexity index is 36.0. The van der Waals surface area contributed by atoms with Crippen LogP contribution in [0.15, 0.2) is 0 Å². The second kappa shape index (κ2) is 11.3. The van der Waals surface area contributed by atoms with Crippen LogP contribution in [0.5, 0.6) is 0 Å². The molecule has 0 fully saturated rings. The molecule has 3 heteroatoms. The number of hydrogen-bond acceptors (Lipinski definition) is 2. The van der Waals surface area contributed by atoms with Gasteiger partial charge >= 0.3 is 18.9 Å². The van der Waals surface area contributed by atoms with Crippen LogP contribution in [0.3, 0.4) is 0 Å². The maximum atomic E-state index is 5.01. The molecule has 0 saturated carbocycles. The summed E-state index contributed by atoms with van der Waals surface area (Å²) in [6.07, 6.45) is 0. The first-order chi connectivity index (χ1) is 3.91. The third-order valence-corrected chi connectivity index (χ3v) is 0.780. The zero-order valence-corrected chi connectivity index (χ0v) is 5.64. The van der Waals surface area contributed by atoms with Gasteiger partial charge in [0.05, 0.1) is 13.2 Å². The van der Waals surface area contributed by atoms with Crippen LogP contribution in [0.2, 0.25) is 0 Å². The van der Waals surface area contributed by atoms with E-state index < -0.39 is 0 Å². The van der Waals surface area contributed by atoms with Crippen LogP contribution in [0.1, 0.15) is 13.8 Å². The van der Waals surface area contributed by atoms with Gasteiger partial charge in [-0.3, -0.25) is 0 Å². The van der Waals surface area contributed by atoms with Crippen molar-refractivity contribution < 1.29 is 9.47 Å². The molecule has 9 heavy (non-hydrogen) atoms. The number of hydrogen-bond donors (Lipinski definition) is 0. The third kappa shape index (κ3) is 11.9. The summed E-state index contributed by atoms with van der Waals surface area (Å²) in [5.74, 6) is 0. The molecule has 0 aromatic heterocycles. The van der Waals surface area contributed by atoms with Crippen LogP contribution in [-0.4, -0.2) is 45.3 Å². The Morgan fingerprint density at radius 2 is 1.22 bits per heavy atom. The summed E-state index contributed by atoms with van der Waals surface area (Å²) in [7, 11) is 0. The summed E-state index contributed by atoms with van der Waals surface area (Å²) in [5, 5.41) is 0. The Balaban J connectivity index is 0. The summed E-state index contributed by atoms with van der Waals surface area (Å²) >= 11 is 0. The molecule has 0 aliphatic rings. The number of ether oxygens (including phenoxy) is 2. The van der Waals surface area contributed by atoms with Gasteiger partial charge in [0, 0.05) is 13.2 Å². The third-order valence-electron chi connectivity index (χ3n) is 0.780. The molecule has 0 aromatic rings. The van der Waals surface area contributed by atoms with Gasteiger partial charge in [0.1, 0.15) is 0 Å². The van der Waals surface area contributed by atoms with E-state index in [9.17, 15) is 0 Å². The molecule has 0 amide bonds. The molecule has 0 aliphatic heterocycles. The van der Waals surface area contributed by atoms with Crippen molar-refractivity contribution in [3.8, 4) is 0 Å². The molecule has 0 heterocycles. The van der Waals surface area contributed by atoms with E-state index in [-0.39, 0.29) is 18.9 Å². The maximum absolute atomic E-state index is 5.01. The molecule has 0 radical (unpaired) electrons. The van der Waals surface area contributed by atoms with Crippen LogP contribution < -0.4 is 0 Å². The Morgan fingerprint density at radius 3 is 1.44 bits per heavy atom. The molecule has 2 nitrogen and oxygen atoms in total. The molecule has 0 bridgehead atoms. The first-order valence-electron chi connectivity index (χ1n) is 3.07.